The minimum Gasteiger partial charge on any atom is -0.489 e. The first kappa shape index (κ1) is 18.9. The van der Waals surface area contributed by atoms with Gasteiger partial charge in [-0.25, -0.2) is 9.97 Å². The molecule has 2 aromatic carbocycles. The van der Waals surface area contributed by atoms with E-state index in [1.807, 2.05) is 54.6 Å². The van der Waals surface area contributed by atoms with Gasteiger partial charge in [0.15, 0.2) is 5.11 Å². The van der Waals surface area contributed by atoms with Crippen LogP contribution in [0.4, 0.5) is 11.5 Å². The van der Waals surface area contributed by atoms with Crippen LogP contribution >= 0.6 is 23.8 Å². The summed E-state index contributed by atoms with van der Waals surface area (Å²) < 4.78 is 5.76. The van der Waals surface area contributed by atoms with Gasteiger partial charge in [0.1, 0.15) is 29.0 Å². The molecule has 0 bridgehead atoms. The van der Waals surface area contributed by atoms with Crippen molar-refractivity contribution >= 4 is 40.4 Å². The third-order valence-electron chi connectivity index (χ3n) is 3.62. The van der Waals surface area contributed by atoms with Crippen LogP contribution in [-0.4, -0.2) is 15.1 Å². The van der Waals surface area contributed by atoms with Crippen molar-refractivity contribution in [2.24, 2.45) is 0 Å². The SMILES string of the molecule is Nc1ncc(Cl)nc1CNC(=S)Nc1ccc(OCc2ccccc2)cc1. The maximum absolute atomic E-state index is 5.82. The molecular formula is C19H18ClN5OS. The van der Waals surface area contributed by atoms with Gasteiger partial charge in [-0.2, -0.15) is 0 Å². The van der Waals surface area contributed by atoms with Crippen molar-refractivity contribution in [3.8, 4) is 5.75 Å². The third kappa shape index (κ3) is 5.80. The van der Waals surface area contributed by atoms with E-state index < -0.39 is 0 Å². The summed E-state index contributed by atoms with van der Waals surface area (Å²) in [6, 6.07) is 17.6. The smallest absolute Gasteiger partial charge is 0.171 e. The highest BCUT2D eigenvalue weighted by Crippen LogP contribution is 2.17. The Morgan fingerprint density at radius 3 is 2.59 bits per heavy atom. The molecule has 0 fully saturated rings. The van der Waals surface area contributed by atoms with Crippen molar-refractivity contribution in [3.63, 3.8) is 0 Å². The average Bonchev–Trinajstić information content (AvgIpc) is 2.69. The molecule has 8 heteroatoms. The normalized spacial score (nSPS) is 10.3. The fourth-order valence-corrected chi connectivity index (χ4v) is 2.60. The number of nitrogens with two attached hydrogens (primary N) is 1. The third-order valence-corrected chi connectivity index (χ3v) is 4.05. The van der Waals surface area contributed by atoms with Gasteiger partial charge in [0.05, 0.1) is 12.7 Å². The largest absolute Gasteiger partial charge is 0.489 e. The van der Waals surface area contributed by atoms with Crippen molar-refractivity contribution < 1.29 is 4.74 Å². The zero-order valence-electron chi connectivity index (χ0n) is 14.4. The van der Waals surface area contributed by atoms with Crippen LogP contribution in [0.1, 0.15) is 11.3 Å². The molecule has 1 aromatic heterocycles. The van der Waals surface area contributed by atoms with Gasteiger partial charge >= 0.3 is 0 Å². The molecule has 0 atom stereocenters. The summed E-state index contributed by atoms with van der Waals surface area (Å²) in [5.41, 5.74) is 8.26. The van der Waals surface area contributed by atoms with E-state index in [4.69, 9.17) is 34.3 Å². The Hall–Kier alpha value is -2.90. The predicted molar refractivity (Wildman–Crippen MR) is 112 cm³/mol. The minimum absolute atomic E-state index is 0.283. The molecule has 6 nitrogen and oxygen atoms in total. The molecule has 0 unspecified atom stereocenters. The van der Waals surface area contributed by atoms with Gasteiger partial charge in [-0.1, -0.05) is 41.9 Å². The lowest BCUT2D eigenvalue weighted by molar-refractivity contribution is 0.306. The molecule has 0 aliphatic rings. The first-order valence-corrected chi connectivity index (χ1v) is 8.97. The Kier molecular flexibility index (Phi) is 6.40. The van der Waals surface area contributed by atoms with Crippen LogP contribution in [0.25, 0.3) is 0 Å². The van der Waals surface area contributed by atoms with Gasteiger partial charge in [0.25, 0.3) is 0 Å². The lowest BCUT2D eigenvalue weighted by atomic mass is 10.2. The number of nitrogen functional groups attached to an aromatic ring is 1. The van der Waals surface area contributed by atoms with Crippen molar-refractivity contribution in [1.82, 2.24) is 15.3 Å². The van der Waals surface area contributed by atoms with E-state index in [1.54, 1.807) is 0 Å². The second-order valence-corrected chi connectivity index (χ2v) is 6.43. The molecule has 0 aliphatic carbocycles. The van der Waals surface area contributed by atoms with E-state index >= 15 is 0 Å². The second-order valence-electron chi connectivity index (χ2n) is 5.63. The fraction of sp³-hybridized carbons (Fsp3) is 0.105. The van der Waals surface area contributed by atoms with Crippen LogP contribution in [0.15, 0.2) is 60.8 Å². The first-order chi connectivity index (χ1) is 13.1. The molecule has 4 N–H and O–H groups in total. The number of rotatable bonds is 6. The lowest BCUT2D eigenvalue weighted by Gasteiger charge is -2.12. The molecule has 0 amide bonds. The van der Waals surface area contributed by atoms with Gasteiger partial charge in [0, 0.05) is 5.69 Å². The van der Waals surface area contributed by atoms with Crippen molar-refractivity contribution in [1.29, 1.82) is 0 Å². The average molecular weight is 400 g/mol. The minimum atomic E-state index is 0.283. The Bertz CT molecular complexity index is 906. The zero-order chi connectivity index (χ0) is 19.1. The molecule has 0 spiro atoms. The summed E-state index contributed by atoms with van der Waals surface area (Å²) in [5.74, 6) is 1.10. The molecule has 0 radical (unpaired) electrons. The van der Waals surface area contributed by atoms with E-state index in [-0.39, 0.29) is 5.15 Å². The topological polar surface area (TPSA) is 85.1 Å². The Labute approximate surface area is 167 Å². The molecule has 27 heavy (non-hydrogen) atoms. The molecule has 1 heterocycles. The summed E-state index contributed by atoms with van der Waals surface area (Å²) in [6.45, 7) is 0.846. The molecule has 138 valence electrons. The van der Waals surface area contributed by atoms with Crippen LogP contribution in [-0.2, 0) is 13.2 Å². The summed E-state index contributed by atoms with van der Waals surface area (Å²) in [5, 5.41) is 6.84. The molecule has 3 rings (SSSR count). The van der Waals surface area contributed by atoms with E-state index in [2.05, 4.69) is 20.6 Å². The Morgan fingerprint density at radius 1 is 1.11 bits per heavy atom. The molecule has 0 aliphatic heterocycles. The van der Waals surface area contributed by atoms with Crippen molar-refractivity contribution in [3.05, 3.63) is 77.2 Å². The van der Waals surface area contributed by atoms with Gasteiger partial charge in [-0.05, 0) is 42.0 Å². The highest BCUT2D eigenvalue weighted by molar-refractivity contribution is 7.80. The summed E-state index contributed by atoms with van der Waals surface area (Å²) >= 11 is 11.1. The van der Waals surface area contributed by atoms with E-state index in [0.29, 0.717) is 29.8 Å². The summed E-state index contributed by atoms with van der Waals surface area (Å²) in [4.78, 5) is 8.08. The fourth-order valence-electron chi connectivity index (χ4n) is 2.26. The Balaban J connectivity index is 1.48. The monoisotopic (exact) mass is 399 g/mol. The lowest BCUT2D eigenvalue weighted by Crippen LogP contribution is -2.28. The number of hydrogen-bond acceptors (Lipinski definition) is 5. The number of halogens is 1. The molecule has 0 saturated carbocycles. The van der Waals surface area contributed by atoms with E-state index in [1.165, 1.54) is 6.20 Å². The first-order valence-electron chi connectivity index (χ1n) is 8.18. The van der Waals surface area contributed by atoms with Crippen LogP contribution in [0.2, 0.25) is 5.15 Å². The number of nitrogens with one attached hydrogen (secondary N) is 2. The van der Waals surface area contributed by atoms with Crippen LogP contribution in [0.5, 0.6) is 5.75 Å². The van der Waals surface area contributed by atoms with Crippen LogP contribution in [0, 0.1) is 0 Å². The van der Waals surface area contributed by atoms with Gasteiger partial charge in [-0.3, -0.25) is 0 Å². The number of benzene rings is 2. The van der Waals surface area contributed by atoms with Crippen LogP contribution < -0.4 is 21.1 Å². The van der Waals surface area contributed by atoms with E-state index in [0.717, 1.165) is 17.0 Å². The maximum atomic E-state index is 5.82. The van der Waals surface area contributed by atoms with Crippen LogP contribution in [0.3, 0.4) is 0 Å². The van der Waals surface area contributed by atoms with Gasteiger partial charge in [-0.15, -0.1) is 0 Å². The molecule has 0 saturated heterocycles. The number of nitrogens with zero attached hydrogens (tertiary/aromatic N) is 2. The van der Waals surface area contributed by atoms with Gasteiger partial charge < -0.3 is 21.1 Å². The van der Waals surface area contributed by atoms with E-state index in [9.17, 15) is 0 Å². The predicted octanol–water partition coefficient (Wildman–Crippen LogP) is 3.78. The number of ether oxygens (including phenoxy) is 1. The second kappa shape index (κ2) is 9.16. The van der Waals surface area contributed by atoms with Gasteiger partial charge in [0.2, 0.25) is 0 Å². The number of hydrogen-bond donors (Lipinski definition) is 3. The number of anilines is 2. The Morgan fingerprint density at radius 2 is 1.85 bits per heavy atom. The highest BCUT2D eigenvalue weighted by Gasteiger charge is 2.05. The number of thiocarbonyl (C=S) groups is 1. The maximum Gasteiger partial charge on any atom is 0.171 e. The molecular weight excluding hydrogens is 382 g/mol. The molecule has 3 aromatic rings. The highest BCUT2D eigenvalue weighted by atomic mass is 35.5. The van der Waals surface area contributed by atoms with Crippen molar-refractivity contribution in [2.45, 2.75) is 13.2 Å². The zero-order valence-corrected chi connectivity index (χ0v) is 15.9. The quantitative estimate of drug-likeness (QED) is 0.544. The standard InChI is InChI=1S/C19H18ClN5OS/c20-17-11-22-18(21)16(25-17)10-23-19(27)24-14-6-8-15(9-7-14)26-12-13-4-2-1-3-5-13/h1-9,11H,10,12H2,(H2,21,22)(H2,23,24,27). The summed E-state index contributed by atoms with van der Waals surface area (Å²) in [6.07, 6.45) is 1.40. The number of aromatic nitrogens is 2. The summed E-state index contributed by atoms with van der Waals surface area (Å²) in [7, 11) is 0. The van der Waals surface area contributed by atoms with Crippen molar-refractivity contribution in [2.75, 3.05) is 11.1 Å².